The summed E-state index contributed by atoms with van der Waals surface area (Å²) in [6.07, 6.45) is 21.7. The van der Waals surface area contributed by atoms with Gasteiger partial charge < -0.3 is 34.3 Å². The van der Waals surface area contributed by atoms with Gasteiger partial charge in [-0.25, -0.2) is 0 Å². The quantitative estimate of drug-likeness (QED) is 0.0654. The minimum atomic E-state index is -0.131. The summed E-state index contributed by atoms with van der Waals surface area (Å²) in [4.78, 5) is 0. The van der Waals surface area contributed by atoms with Crippen LogP contribution in [-0.2, 0) is 15.9 Å². The fraction of sp³-hybridized carbons (Fsp3) is 0.521. The molecule has 0 aliphatic heterocycles. The molecule has 0 saturated heterocycles. The molecule has 10 aromatic rings. The molecule has 0 spiro atoms. The Morgan fingerprint density at radius 1 is 0.298 bits per heavy atom. The number of hydrogen-bond donors (Lipinski definition) is 3. The van der Waals surface area contributed by atoms with Crippen LogP contribution in [0.15, 0.2) is 218 Å². The van der Waals surface area contributed by atoms with Gasteiger partial charge in [0.05, 0.1) is 12.2 Å². The summed E-state index contributed by atoms with van der Waals surface area (Å²) in [5.41, 5.74) is 15.9. The van der Waals surface area contributed by atoms with Crippen LogP contribution in [0.1, 0.15) is 355 Å². The maximum atomic E-state index is 9.01. The molecule has 4 bridgehead atoms. The fourth-order valence-corrected chi connectivity index (χ4v) is 22.3. The zero-order chi connectivity index (χ0) is 88.6. The Kier molecular flexibility index (Phi) is 33.9. The molecule has 3 N–H and O–H groups in total. The highest BCUT2D eigenvalue weighted by molar-refractivity contribution is 5.93. The van der Waals surface area contributed by atoms with E-state index in [0.717, 1.165) is 89.9 Å². The third-order valence-electron chi connectivity index (χ3n) is 31.6. The molecule has 23 unspecified atom stereocenters. The van der Waals surface area contributed by atoms with Crippen LogP contribution in [0.5, 0.6) is 28.7 Å². The Balaban J connectivity index is 0.000000133. The maximum Gasteiger partial charge on any atom is 0.202 e. The van der Waals surface area contributed by atoms with E-state index in [4.69, 9.17) is 34.3 Å². The van der Waals surface area contributed by atoms with Gasteiger partial charge in [0.15, 0.2) is 0 Å². The lowest BCUT2D eigenvalue weighted by atomic mass is 9.80. The van der Waals surface area contributed by atoms with E-state index < -0.39 is 0 Å². The van der Waals surface area contributed by atoms with E-state index in [1.54, 1.807) is 47.5 Å². The molecule has 9 aliphatic rings. The van der Waals surface area contributed by atoms with E-state index >= 15 is 0 Å². The predicted molar refractivity (Wildman–Crippen MR) is 522 cm³/mol. The molecule has 666 valence electrons. The normalized spacial score (nSPS) is 26.1. The summed E-state index contributed by atoms with van der Waals surface area (Å²) < 4.78 is 25.8. The third-order valence-corrected chi connectivity index (χ3v) is 31.6. The van der Waals surface area contributed by atoms with Crippen LogP contribution >= 0.6 is 0 Å². The molecule has 124 heavy (non-hydrogen) atoms. The Labute approximate surface area is 749 Å². The standard InChI is InChI=1S/2C24H36O2.2C14H14.C11H14.3C10H14O/c2*1-5-16(4)17-9-11-19(12-10-17)25-24(15(2)3)26-23-14-18-13-22(23)21-8-6-7-20(18)21;2*1-9-10(2)13-8-4-6-11-5-3-7-12(9)14(11)13;1-8-7-10-5-3-4-6-11(10)9(8)2;3*1-3-8(2)9-4-6-10(11)7-5-9/h2*9-12,15-16,18,20-24H,5-8,13-14H2,1-4H3;2*3-10H,1-2H3;3-6,8-9H,7H2,1-2H3;3*4-8,11H,3H2,1-2H3. The van der Waals surface area contributed by atoms with E-state index in [-0.39, 0.29) is 12.6 Å². The topological polar surface area (TPSA) is 97.6 Å². The van der Waals surface area contributed by atoms with Crippen LogP contribution < -0.4 is 9.47 Å². The van der Waals surface area contributed by atoms with Gasteiger partial charge in [-0.3, -0.25) is 0 Å². The first-order valence-electron chi connectivity index (χ1n) is 49.0. The molecule has 23 atom stereocenters. The van der Waals surface area contributed by atoms with Gasteiger partial charge in [-0.15, -0.1) is 0 Å². The number of hydrogen-bond acceptors (Lipinski definition) is 7. The van der Waals surface area contributed by atoms with Crippen molar-refractivity contribution in [2.75, 3.05) is 0 Å². The van der Waals surface area contributed by atoms with E-state index in [1.165, 1.54) is 155 Å². The van der Waals surface area contributed by atoms with Gasteiger partial charge in [-0.05, 0) is 346 Å². The highest BCUT2D eigenvalue weighted by Crippen LogP contribution is 2.61. The number of phenolic OH excluding ortho intramolecular Hbond substituents is 3. The van der Waals surface area contributed by atoms with Gasteiger partial charge >= 0.3 is 0 Å². The Morgan fingerprint density at radius 3 is 0.871 bits per heavy atom. The summed E-state index contributed by atoms with van der Waals surface area (Å²) >= 11 is 0. The molecule has 0 aromatic heterocycles. The second-order valence-electron chi connectivity index (χ2n) is 40.0. The first kappa shape index (κ1) is 94.8. The predicted octanol–water partition coefficient (Wildman–Crippen LogP) is 32.6. The fourth-order valence-electron chi connectivity index (χ4n) is 22.3. The zero-order valence-electron chi connectivity index (χ0n) is 79.5. The van der Waals surface area contributed by atoms with Gasteiger partial charge in [-0.1, -0.05) is 309 Å². The Bertz CT molecular complexity index is 4480. The minimum absolute atomic E-state index is 0.131. The number of fused-ring (bicyclic) bond motifs is 11. The van der Waals surface area contributed by atoms with Crippen molar-refractivity contribution in [1.82, 2.24) is 0 Å². The largest absolute Gasteiger partial charge is 0.508 e. The summed E-state index contributed by atoms with van der Waals surface area (Å²) in [6, 6.07) is 75.1. The SMILES string of the molecule is CC1Cc2ccccc2C1C.CC1c2cccc3cccc(c23)C1C.CC1c2cccc3cccc(c23)C1C.CCC(C)c1ccc(O)cc1.CCC(C)c1ccc(O)cc1.CCC(C)c1ccc(O)cc1.CCC(C)c1ccc(OC(OC2CC3CC2C2CCCC32)C(C)C)cc1.CCC(C)c1ccc(OC(OC2CC3CC2C2CCCC32)C(C)C)cc1. The van der Waals surface area contributed by atoms with Crippen molar-refractivity contribution in [3.8, 4) is 28.7 Å². The molecule has 10 aromatic carbocycles. The third kappa shape index (κ3) is 23.0. The molecular formula is C117H156O7. The van der Waals surface area contributed by atoms with Crippen LogP contribution in [0.2, 0.25) is 0 Å². The van der Waals surface area contributed by atoms with Crippen molar-refractivity contribution in [3.63, 3.8) is 0 Å². The molecule has 19 rings (SSSR count). The van der Waals surface area contributed by atoms with Crippen LogP contribution in [0.3, 0.4) is 0 Å². The lowest BCUT2D eigenvalue weighted by Gasteiger charge is -2.35. The first-order chi connectivity index (χ1) is 59.7. The smallest absolute Gasteiger partial charge is 0.202 e. The molecule has 0 amide bonds. The second kappa shape index (κ2) is 44.4. The average Bonchev–Trinajstić information content (AvgIpc) is 1.63. The molecule has 6 fully saturated rings. The lowest BCUT2D eigenvalue weighted by molar-refractivity contribution is -0.162. The Hall–Kier alpha value is -8.36. The van der Waals surface area contributed by atoms with Crippen molar-refractivity contribution in [3.05, 3.63) is 280 Å². The Morgan fingerprint density at radius 2 is 0.581 bits per heavy atom. The van der Waals surface area contributed by atoms with Gasteiger partial charge in [0, 0.05) is 11.8 Å². The highest BCUT2D eigenvalue weighted by atomic mass is 16.7. The van der Waals surface area contributed by atoms with E-state index in [2.05, 4.69) is 284 Å². The molecule has 7 heteroatoms. The summed E-state index contributed by atoms with van der Waals surface area (Å²) in [6.45, 7) is 44.9. The van der Waals surface area contributed by atoms with Gasteiger partial charge in [0.25, 0.3) is 0 Å². The number of ether oxygens (including phenoxy) is 4. The van der Waals surface area contributed by atoms with Crippen molar-refractivity contribution in [2.24, 2.45) is 65.1 Å². The molecule has 6 saturated carbocycles. The van der Waals surface area contributed by atoms with E-state index in [9.17, 15) is 0 Å². The first-order valence-corrected chi connectivity index (χ1v) is 49.0. The van der Waals surface area contributed by atoms with Crippen molar-refractivity contribution in [2.45, 2.75) is 325 Å². The van der Waals surface area contributed by atoms with Gasteiger partial charge in [0.2, 0.25) is 12.6 Å². The summed E-state index contributed by atoms with van der Waals surface area (Å²) in [5.74, 6) is 18.3. The maximum absolute atomic E-state index is 9.01. The van der Waals surface area contributed by atoms with E-state index in [0.29, 0.717) is 94.6 Å². The number of phenols is 3. The molecule has 9 aliphatic carbocycles. The van der Waals surface area contributed by atoms with Crippen molar-refractivity contribution >= 4 is 21.5 Å². The lowest BCUT2D eigenvalue weighted by Crippen LogP contribution is -2.37. The van der Waals surface area contributed by atoms with Crippen LogP contribution in [0, 0.1) is 65.1 Å². The van der Waals surface area contributed by atoms with Crippen LogP contribution in [0.25, 0.3) is 21.5 Å². The molecule has 7 nitrogen and oxygen atoms in total. The van der Waals surface area contributed by atoms with E-state index in [1.807, 2.05) is 36.4 Å². The van der Waals surface area contributed by atoms with Gasteiger partial charge in [0.1, 0.15) is 28.7 Å². The van der Waals surface area contributed by atoms with Crippen LogP contribution in [-0.4, -0.2) is 40.1 Å². The monoisotopic (exact) mass is 1670 g/mol. The average molecular weight is 1670 g/mol. The molecule has 0 radical (unpaired) electrons. The number of aromatic hydroxyl groups is 3. The van der Waals surface area contributed by atoms with Crippen LogP contribution in [0.4, 0.5) is 0 Å². The molecule has 0 heterocycles. The van der Waals surface area contributed by atoms with Gasteiger partial charge in [-0.2, -0.15) is 0 Å². The van der Waals surface area contributed by atoms with Crippen molar-refractivity contribution in [1.29, 1.82) is 0 Å². The number of rotatable bonds is 20. The van der Waals surface area contributed by atoms with Crippen molar-refractivity contribution < 1.29 is 34.3 Å². The molecular weight excluding hydrogens is 1520 g/mol. The zero-order valence-corrected chi connectivity index (χ0v) is 79.5. The summed E-state index contributed by atoms with van der Waals surface area (Å²) in [7, 11) is 0. The summed E-state index contributed by atoms with van der Waals surface area (Å²) in [5, 5.41) is 32.9. The highest BCUT2D eigenvalue weighted by Gasteiger charge is 2.56. The minimum Gasteiger partial charge on any atom is -0.508 e. The number of benzene rings is 10. The second-order valence-corrected chi connectivity index (χ2v) is 40.0.